The minimum Gasteiger partial charge on any atom is -0.495 e. The lowest BCUT2D eigenvalue weighted by molar-refractivity contribution is 0.417. The van der Waals surface area contributed by atoms with E-state index in [0.29, 0.717) is 23.9 Å². The maximum atomic E-state index is 5.85. The molecular formula is C13H17N5O. The van der Waals surface area contributed by atoms with Crippen molar-refractivity contribution in [3.8, 4) is 5.75 Å². The van der Waals surface area contributed by atoms with Gasteiger partial charge >= 0.3 is 0 Å². The summed E-state index contributed by atoms with van der Waals surface area (Å²) >= 11 is 0. The minimum atomic E-state index is 0.512. The summed E-state index contributed by atoms with van der Waals surface area (Å²) in [4.78, 5) is 4.30. The van der Waals surface area contributed by atoms with Gasteiger partial charge in [0, 0.05) is 6.54 Å². The van der Waals surface area contributed by atoms with E-state index in [0.717, 1.165) is 17.0 Å². The van der Waals surface area contributed by atoms with E-state index in [2.05, 4.69) is 20.5 Å². The molecule has 0 unspecified atom stereocenters. The van der Waals surface area contributed by atoms with Crippen molar-refractivity contribution in [3.63, 3.8) is 0 Å². The number of aryl methyl sites for hydroxylation is 2. The maximum Gasteiger partial charge on any atom is 0.243 e. The smallest absolute Gasteiger partial charge is 0.243 e. The lowest BCUT2D eigenvalue weighted by atomic mass is 10.2. The number of nitrogen functional groups attached to an aromatic ring is 1. The fraction of sp³-hybridized carbons (Fsp3) is 0.308. The van der Waals surface area contributed by atoms with Crippen LogP contribution in [0.15, 0.2) is 18.2 Å². The summed E-state index contributed by atoms with van der Waals surface area (Å²) in [7, 11) is 1.60. The summed E-state index contributed by atoms with van der Waals surface area (Å²) < 4.78 is 5.11. The highest BCUT2D eigenvalue weighted by atomic mass is 16.5. The van der Waals surface area contributed by atoms with Gasteiger partial charge in [-0.2, -0.15) is 5.10 Å². The highest BCUT2D eigenvalue weighted by Gasteiger charge is 2.03. The van der Waals surface area contributed by atoms with Gasteiger partial charge in [-0.05, 0) is 31.5 Å². The third kappa shape index (κ3) is 3.09. The number of rotatable bonds is 4. The molecule has 0 aliphatic rings. The molecule has 0 atom stereocenters. The Balaban J connectivity index is 2.05. The molecule has 0 bridgehead atoms. The summed E-state index contributed by atoms with van der Waals surface area (Å²) in [6, 6.07) is 5.64. The molecule has 19 heavy (non-hydrogen) atoms. The van der Waals surface area contributed by atoms with Crippen LogP contribution in [0.4, 0.5) is 11.6 Å². The number of aromatic nitrogens is 3. The van der Waals surface area contributed by atoms with Gasteiger partial charge in [0.15, 0.2) is 0 Å². The van der Waals surface area contributed by atoms with Gasteiger partial charge < -0.3 is 15.8 Å². The summed E-state index contributed by atoms with van der Waals surface area (Å²) in [5.41, 5.74) is 9.19. The van der Waals surface area contributed by atoms with Crippen molar-refractivity contribution in [2.24, 2.45) is 0 Å². The van der Waals surface area contributed by atoms with Crippen molar-refractivity contribution in [3.05, 3.63) is 35.2 Å². The summed E-state index contributed by atoms with van der Waals surface area (Å²) in [5, 5.41) is 11.1. The standard InChI is InChI=1S/C13H17N5O/c1-8-9(2)17-18-13(16-8)15-7-10-4-5-12(19-3)11(14)6-10/h4-6H,7,14H2,1-3H3,(H,15,16,18). The molecule has 2 rings (SSSR count). The zero-order chi connectivity index (χ0) is 13.8. The number of ether oxygens (including phenoxy) is 1. The number of benzene rings is 1. The lowest BCUT2D eigenvalue weighted by Crippen LogP contribution is -2.07. The van der Waals surface area contributed by atoms with Gasteiger partial charge in [-0.1, -0.05) is 6.07 Å². The molecule has 0 spiro atoms. The topological polar surface area (TPSA) is 86.0 Å². The van der Waals surface area contributed by atoms with Gasteiger partial charge in [-0.3, -0.25) is 0 Å². The van der Waals surface area contributed by atoms with E-state index in [1.54, 1.807) is 7.11 Å². The van der Waals surface area contributed by atoms with E-state index in [9.17, 15) is 0 Å². The number of anilines is 2. The minimum absolute atomic E-state index is 0.512. The molecule has 3 N–H and O–H groups in total. The molecule has 0 fully saturated rings. The predicted octanol–water partition coefficient (Wildman–Crippen LogP) is 1.69. The van der Waals surface area contributed by atoms with Crippen LogP contribution in [0.3, 0.4) is 0 Å². The van der Waals surface area contributed by atoms with Crippen molar-refractivity contribution in [1.29, 1.82) is 0 Å². The highest BCUT2D eigenvalue weighted by molar-refractivity contribution is 5.54. The van der Waals surface area contributed by atoms with Crippen molar-refractivity contribution in [2.75, 3.05) is 18.2 Å². The third-order valence-corrected chi connectivity index (χ3v) is 2.84. The third-order valence-electron chi connectivity index (χ3n) is 2.84. The van der Waals surface area contributed by atoms with Crippen molar-refractivity contribution in [1.82, 2.24) is 15.2 Å². The Hall–Kier alpha value is -2.37. The van der Waals surface area contributed by atoms with Crippen molar-refractivity contribution >= 4 is 11.6 Å². The van der Waals surface area contributed by atoms with Gasteiger partial charge in [0.05, 0.1) is 24.2 Å². The normalized spacial score (nSPS) is 10.3. The largest absolute Gasteiger partial charge is 0.495 e. The number of nitrogens with two attached hydrogens (primary N) is 1. The van der Waals surface area contributed by atoms with E-state index in [4.69, 9.17) is 10.5 Å². The number of hydrogen-bond donors (Lipinski definition) is 2. The molecule has 100 valence electrons. The Labute approximate surface area is 112 Å². The Morgan fingerprint density at radius 2 is 2.00 bits per heavy atom. The summed E-state index contributed by atoms with van der Waals surface area (Å²) in [6.45, 7) is 4.36. The average molecular weight is 259 g/mol. The zero-order valence-corrected chi connectivity index (χ0v) is 11.3. The van der Waals surface area contributed by atoms with Crippen molar-refractivity contribution in [2.45, 2.75) is 20.4 Å². The SMILES string of the molecule is COc1ccc(CNc2nnc(C)c(C)n2)cc1N. The number of nitrogens with one attached hydrogen (secondary N) is 1. The van der Waals surface area contributed by atoms with Gasteiger partial charge in [-0.15, -0.1) is 5.10 Å². The van der Waals surface area contributed by atoms with E-state index >= 15 is 0 Å². The fourth-order valence-electron chi connectivity index (χ4n) is 1.61. The van der Waals surface area contributed by atoms with E-state index < -0.39 is 0 Å². The molecular weight excluding hydrogens is 242 g/mol. The zero-order valence-electron chi connectivity index (χ0n) is 11.3. The van der Waals surface area contributed by atoms with Crippen LogP contribution in [0, 0.1) is 13.8 Å². The first-order valence-corrected chi connectivity index (χ1v) is 5.94. The molecule has 1 heterocycles. The maximum absolute atomic E-state index is 5.85. The number of methoxy groups -OCH3 is 1. The van der Waals surface area contributed by atoms with E-state index in [1.165, 1.54) is 0 Å². The van der Waals surface area contributed by atoms with Crippen LogP contribution in [0.2, 0.25) is 0 Å². The van der Waals surface area contributed by atoms with Crippen LogP contribution >= 0.6 is 0 Å². The molecule has 1 aromatic carbocycles. The van der Waals surface area contributed by atoms with Gasteiger partial charge in [0.1, 0.15) is 5.75 Å². The first-order chi connectivity index (χ1) is 9.10. The van der Waals surface area contributed by atoms with Crippen LogP contribution in [-0.2, 0) is 6.54 Å². The predicted molar refractivity (Wildman–Crippen MR) is 74.0 cm³/mol. The van der Waals surface area contributed by atoms with Crippen LogP contribution in [0.5, 0.6) is 5.75 Å². The van der Waals surface area contributed by atoms with E-state index in [-0.39, 0.29) is 0 Å². The quantitative estimate of drug-likeness (QED) is 0.813. The van der Waals surface area contributed by atoms with Crippen LogP contribution < -0.4 is 15.8 Å². The summed E-state index contributed by atoms with van der Waals surface area (Å²) in [6.07, 6.45) is 0. The van der Waals surface area contributed by atoms with Gasteiger partial charge in [0.25, 0.3) is 0 Å². The second-order valence-corrected chi connectivity index (χ2v) is 4.24. The molecule has 6 nitrogen and oxygen atoms in total. The fourth-order valence-corrected chi connectivity index (χ4v) is 1.61. The van der Waals surface area contributed by atoms with Crippen molar-refractivity contribution < 1.29 is 4.74 Å². The number of nitrogens with zero attached hydrogens (tertiary/aromatic N) is 3. The Bertz CT molecular complexity index is 585. The van der Waals surface area contributed by atoms with Crippen LogP contribution in [-0.4, -0.2) is 22.3 Å². The molecule has 2 aromatic rings. The lowest BCUT2D eigenvalue weighted by Gasteiger charge is -2.08. The first kappa shape index (κ1) is 13.1. The van der Waals surface area contributed by atoms with Gasteiger partial charge in [0.2, 0.25) is 5.95 Å². The molecule has 0 saturated heterocycles. The first-order valence-electron chi connectivity index (χ1n) is 5.94. The molecule has 1 aromatic heterocycles. The summed E-state index contributed by atoms with van der Waals surface area (Å²) in [5.74, 6) is 1.19. The van der Waals surface area contributed by atoms with Crippen LogP contribution in [0.25, 0.3) is 0 Å². The second-order valence-electron chi connectivity index (χ2n) is 4.24. The number of hydrogen-bond acceptors (Lipinski definition) is 6. The second kappa shape index (κ2) is 5.51. The Morgan fingerprint density at radius 3 is 2.63 bits per heavy atom. The molecule has 0 radical (unpaired) electrons. The monoisotopic (exact) mass is 259 g/mol. The van der Waals surface area contributed by atoms with Gasteiger partial charge in [-0.25, -0.2) is 4.98 Å². The molecule has 0 saturated carbocycles. The van der Waals surface area contributed by atoms with Crippen LogP contribution in [0.1, 0.15) is 17.0 Å². The Kier molecular flexibility index (Phi) is 3.79. The van der Waals surface area contributed by atoms with E-state index in [1.807, 2.05) is 32.0 Å². The molecule has 0 amide bonds. The molecule has 6 heteroatoms. The molecule has 0 aliphatic heterocycles. The Morgan fingerprint density at radius 1 is 1.21 bits per heavy atom. The highest BCUT2D eigenvalue weighted by Crippen LogP contribution is 2.22. The molecule has 0 aliphatic carbocycles. The average Bonchev–Trinajstić information content (AvgIpc) is 2.40.